The molecule has 0 spiro atoms. The van der Waals surface area contributed by atoms with Crippen LogP contribution in [0.3, 0.4) is 0 Å². The van der Waals surface area contributed by atoms with E-state index in [9.17, 15) is 14.4 Å². The maximum atomic E-state index is 12.0. The van der Waals surface area contributed by atoms with Crippen molar-refractivity contribution in [1.29, 1.82) is 0 Å². The van der Waals surface area contributed by atoms with Crippen molar-refractivity contribution in [1.82, 2.24) is 16.0 Å². The van der Waals surface area contributed by atoms with E-state index in [0.717, 1.165) is 62.9 Å². The molecule has 6 nitrogen and oxygen atoms in total. The van der Waals surface area contributed by atoms with Gasteiger partial charge in [0.15, 0.2) is 0 Å². The van der Waals surface area contributed by atoms with Crippen LogP contribution in [0, 0.1) is 0 Å². The standard InChI is InChI=1S/C19H37N3O3S2/c1-20-19(25)16(22-18(24)12-5-3-9-15-27)10-6-7-13-21-17(23)11-4-2-8-14-26/h16,26-27H,2-15H2,1H3,(H,20,25)(H,21,23)(H,22,24). The zero-order valence-electron chi connectivity index (χ0n) is 16.6. The van der Waals surface area contributed by atoms with Crippen LogP contribution >= 0.6 is 25.3 Å². The third kappa shape index (κ3) is 15.8. The van der Waals surface area contributed by atoms with Crippen LogP contribution in [0.5, 0.6) is 0 Å². The van der Waals surface area contributed by atoms with Crippen LogP contribution in [0.4, 0.5) is 0 Å². The van der Waals surface area contributed by atoms with Crippen molar-refractivity contribution in [2.45, 2.75) is 76.7 Å². The predicted molar refractivity (Wildman–Crippen MR) is 118 cm³/mol. The van der Waals surface area contributed by atoms with Gasteiger partial charge in [0.2, 0.25) is 17.7 Å². The third-order valence-electron chi connectivity index (χ3n) is 4.26. The van der Waals surface area contributed by atoms with Gasteiger partial charge < -0.3 is 16.0 Å². The minimum absolute atomic E-state index is 0.0755. The molecule has 158 valence electrons. The lowest BCUT2D eigenvalue weighted by atomic mass is 10.1. The van der Waals surface area contributed by atoms with Gasteiger partial charge in [-0.15, -0.1) is 0 Å². The Balaban J connectivity index is 3.95. The molecule has 1 atom stereocenters. The first kappa shape index (κ1) is 26.1. The Labute approximate surface area is 175 Å². The molecule has 0 aliphatic heterocycles. The summed E-state index contributed by atoms with van der Waals surface area (Å²) < 4.78 is 0. The van der Waals surface area contributed by atoms with Gasteiger partial charge >= 0.3 is 0 Å². The lowest BCUT2D eigenvalue weighted by molar-refractivity contribution is -0.129. The molecule has 3 N–H and O–H groups in total. The Morgan fingerprint density at radius 1 is 0.778 bits per heavy atom. The highest BCUT2D eigenvalue weighted by Crippen LogP contribution is 2.05. The molecule has 0 aliphatic carbocycles. The number of thiol groups is 2. The summed E-state index contributed by atoms with van der Waals surface area (Å²) in [5, 5.41) is 8.33. The highest BCUT2D eigenvalue weighted by molar-refractivity contribution is 7.80. The molecule has 0 aliphatic rings. The Morgan fingerprint density at radius 2 is 1.37 bits per heavy atom. The minimum Gasteiger partial charge on any atom is -0.357 e. The number of amides is 3. The molecular formula is C19H37N3O3S2. The van der Waals surface area contributed by atoms with Gasteiger partial charge in [-0.3, -0.25) is 14.4 Å². The highest BCUT2D eigenvalue weighted by Gasteiger charge is 2.18. The number of nitrogens with one attached hydrogen (secondary N) is 3. The summed E-state index contributed by atoms with van der Waals surface area (Å²) >= 11 is 8.30. The van der Waals surface area contributed by atoms with Crippen LogP contribution < -0.4 is 16.0 Å². The Bertz CT molecular complexity index is 423. The lowest BCUT2D eigenvalue weighted by Gasteiger charge is -2.17. The summed E-state index contributed by atoms with van der Waals surface area (Å²) in [6.07, 6.45) is 8.84. The van der Waals surface area contributed by atoms with Crippen molar-refractivity contribution in [3.8, 4) is 0 Å². The average molecular weight is 420 g/mol. The molecule has 0 bridgehead atoms. The molecule has 0 saturated heterocycles. The number of likely N-dealkylation sites (N-methyl/N-ethyl adjacent to an activating group) is 1. The third-order valence-corrected chi connectivity index (χ3v) is 4.90. The molecule has 0 aromatic rings. The van der Waals surface area contributed by atoms with E-state index in [4.69, 9.17) is 0 Å². The molecule has 0 rings (SSSR count). The zero-order chi connectivity index (χ0) is 20.3. The number of rotatable bonds is 17. The molecule has 1 unspecified atom stereocenters. The van der Waals surface area contributed by atoms with E-state index >= 15 is 0 Å². The molecule has 0 saturated carbocycles. The first-order chi connectivity index (χ1) is 13.0. The van der Waals surface area contributed by atoms with Crippen molar-refractivity contribution >= 4 is 43.0 Å². The number of unbranched alkanes of at least 4 members (excludes halogenated alkanes) is 5. The van der Waals surface area contributed by atoms with E-state index in [-0.39, 0.29) is 17.7 Å². The van der Waals surface area contributed by atoms with Crippen molar-refractivity contribution in [2.75, 3.05) is 25.1 Å². The maximum absolute atomic E-state index is 12.0. The molecule has 8 heteroatoms. The SMILES string of the molecule is CNC(=O)C(CCCCNC(=O)CCCCCS)NC(=O)CCCCCS. The first-order valence-corrected chi connectivity index (χ1v) is 11.3. The van der Waals surface area contributed by atoms with Gasteiger partial charge in [-0.25, -0.2) is 0 Å². The summed E-state index contributed by atoms with van der Waals surface area (Å²) in [4.78, 5) is 35.6. The zero-order valence-corrected chi connectivity index (χ0v) is 18.4. The van der Waals surface area contributed by atoms with E-state index in [1.807, 2.05) is 0 Å². The quantitative estimate of drug-likeness (QED) is 0.185. The molecule has 0 fully saturated rings. The molecule has 27 heavy (non-hydrogen) atoms. The smallest absolute Gasteiger partial charge is 0.242 e. The summed E-state index contributed by atoms with van der Waals surface area (Å²) in [6.45, 7) is 0.601. The van der Waals surface area contributed by atoms with Crippen LogP contribution in [0.15, 0.2) is 0 Å². The van der Waals surface area contributed by atoms with Crippen molar-refractivity contribution in [3.05, 3.63) is 0 Å². The number of hydrogen-bond donors (Lipinski definition) is 5. The highest BCUT2D eigenvalue weighted by atomic mass is 32.1. The van der Waals surface area contributed by atoms with Crippen LogP contribution in [-0.4, -0.2) is 48.9 Å². The van der Waals surface area contributed by atoms with Crippen LogP contribution in [0.25, 0.3) is 0 Å². The predicted octanol–water partition coefficient (Wildman–Crippen LogP) is 2.48. The molecule has 0 aromatic carbocycles. The summed E-state index contributed by atoms with van der Waals surface area (Å²) in [5.41, 5.74) is 0. The van der Waals surface area contributed by atoms with Gasteiger partial charge in [-0.1, -0.05) is 12.8 Å². The van der Waals surface area contributed by atoms with Gasteiger partial charge in [0.25, 0.3) is 0 Å². The summed E-state index contributed by atoms with van der Waals surface area (Å²) in [7, 11) is 1.57. The van der Waals surface area contributed by atoms with Crippen LogP contribution in [0.2, 0.25) is 0 Å². The maximum Gasteiger partial charge on any atom is 0.242 e. The average Bonchev–Trinajstić information content (AvgIpc) is 2.66. The summed E-state index contributed by atoms with van der Waals surface area (Å²) in [5.74, 6) is 1.50. The van der Waals surface area contributed by atoms with Gasteiger partial charge in [-0.2, -0.15) is 25.3 Å². The van der Waals surface area contributed by atoms with Gasteiger partial charge in [0.1, 0.15) is 6.04 Å². The van der Waals surface area contributed by atoms with Crippen LogP contribution in [0.1, 0.15) is 70.6 Å². The van der Waals surface area contributed by atoms with Gasteiger partial charge in [0, 0.05) is 26.4 Å². The number of carbonyl (C=O) groups excluding carboxylic acids is 3. The van der Waals surface area contributed by atoms with E-state index < -0.39 is 6.04 Å². The van der Waals surface area contributed by atoms with E-state index in [0.29, 0.717) is 25.8 Å². The molecule has 0 radical (unpaired) electrons. The fraction of sp³-hybridized carbons (Fsp3) is 0.842. The molecular weight excluding hydrogens is 382 g/mol. The topological polar surface area (TPSA) is 87.3 Å². The van der Waals surface area contributed by atoms with Crippen molar-refractivity contribution in [2.24, 2.45) is 0 Å². The Hall–Kier alpha value is -0.890. The monoisotopic (exact) mass is 419 g/mol. The second-order valence-electron chi connectivity index (χ2n) is 6.65. The van der Waals surface area contributed by atoms with Gasteiger partial charge in [0.05, 0.1) is 0 Å². The van der Waals surface area contributed by atoms with Crippen molar-refractivity contribution in [3.63, 3.8) is 0 Å². The second-order valence-corrected chi connectivity index (χ2v) is 7.54. The number of carbonyl (C=O) groups is 3. The fourth-order valence-electron chi connectivity index (χ4n) is 2.65. The second kappa shape index (κ2) is 18.5. The minimum atomic E-state index is -0.510. The Kier molecular flexibility index (Phi) is 17.9. The van der Waals surface area contributed by atoms with Gasteiger partial charge in [-0.05, 0) is 56.5 Å². The fourth-order valence-corrected chi connectivity index (χ4v) is 3.09. The summed E-state index contributed by atoms with van der Waals surface area (Å²) in [6, 6.07) is -0.510. The largest absolute Gasteiger partial charge is 0.357 e. The number of hydrogen-bond acceptors (Lipinski definition) is 5. The van der Waals surface area contributed by atoms with Crippen molar-refractivity contribution < 1.29 is 14.4 Å². The van der Waals surface area contributed by atoms with E-state index in [2.05, 4.69) is 41.2 Å². The Morgan fingerprint density at radius 3 is 1.93 bits per heavy atom. The van der Waals surface area contributed by atoms with Crippen LogP contribution in [-0.2, 0) is 14.4 Å². The first-order valence-electron chi connectivity index (χ1n) is 10.0. The molecule has 0 aromatic heterocycles. The molecule has 0 heterocycles. The molecule has 3 amide bonds. The van der Waals surface area contributed by atoms with E-state index in [1.165, 1.54) is 0 Å². The lowest BCUT2D eigenvalue weighted by Crippen LogP contribution is -2.45. The van der Waals surface area contributed by atoms with E-state index in [1.54, 1.807) is 7.05 Å². The normalized spacial score (nSPS) is 11.7.